The molecular weight excluding hydrogens is 384 g/mol. The topological polar surface area (TPSA) is 106 Å². The second-order valence-corrected chi connectivity index (χ2v) is 9.66. The Bertz CT molecular complexity index is 781. The molecule has 0 radical (unpaired) electrons. The van der Waals surface area contributed by atoms with E-state index in [2.05, 4.69) is 20.6 Å². The molecule has 4 saturated carbocycles. The number of nitrogens with one attached hydrogen (secondary N) is 2. The summed E-state index contributed by atoms with van der Waals surface area (Å²) < 4.78 is 11.2. The molecule has 8 heteroatoms. The summed E-state index contributed by atoms with van der Waals surface area (Å²) in [5.74, 6) is 1.93. The fraction of sp³-hybridized carbons (Fsp3) is 0.773. The first-order chi connectivity index (χ1) is 14.5. The van der Waals surface area contributed by atoms with Crippen molar-refractivity contribution in [2.45, 2.75) is 69.6 Å². The molecular formula is C22H32N4O4. The maximum absolute atomic E-state index is 13.2. The molecule has 1 aromatic rings. The minimum Gasteiger partial charge on any atom is -0.477 e. The second-order valence-electron chi connectivity index (χ2n) is 9.66. The van der Waals surface area contributed by atoms with Gasteiger partial charge in [0.25, 0.3) is 5.91 Å². The van der Waals surface area contributed by atoms with Crippen LogP contribution in [-0.2, 0) is 4.74 Å². The Morgan fingerprint density at radius 1 is 1.33 bits per heavy atom. The first-order valence-corrected chi connectivity index (χ1v) is 11.4. The van der Waals surface area contributed by atoms with Crippen molar-refractivity contribution in [3.05, 3.63) is 11.8 Å². The van der Waals surface area contributed by atoms with Crippen LogP contribution in [0.25, 0.3) is 0 Å². The molecule has 4 bridgehead atoms. The summed E-state index contributed by atoms with van der Waals surface area (Å²) in [5.41, 5.74) is -0.128. The van der Waals surface area contributed by atoms with Crippen molar-refractivity contribution >= 4 is 11.9 Å². The predicted octanol–water partition coefficient (Wildman–Crippen LogP) is 2.14. The molecule has 2 heterocycles. The number of anilines is 1. The molecule has 0 aromatic carbocycles. The number of aliphatic hydroxyl groups is 1. The summed E-state index contributed by atoms with van der Waals surface area (Å²) in [6.45, 7) is 3.88. The van der Waals surface area contributed by atoms with Gasteiger partial charge in [0.05, 0.1) is 24.9 Å². The van der Waals surface area contributed by atoms with Crippen molar-refractivity contribution in [2.24, 2.45) is 17.8 Å². The number of carbonyl (C=O) groups is 1. The lowest BCUT2D eigenvalue weighted by Crippen LogP contribution is -2.61. The second kappa shape index (κ2) is 7.96. The Balaban J connectivity index is 1.31. The molecule has 5 fully saturated rings. The molecule has 1 aliphatic heterocycles. The molecule has 30 heavy (non-hydrogen) atoms. The van der Waals surface area contributed by atoms with E-state index in [-0.39, 0.29) is 18.0 Å². The van der Waals surface area contributed by atoms with Crippen LogP contribution in [0.2, 0.25) is 0 Å². The lowest BCUT2D eigenvalue weighted by atomic mass is 9.52. The molecule has 1 amide bonds. The van der Waals surface area contributed by atoms with Crippen LogP contribution >= 0.6 is 0 Å². The Morgan fingerprint density at radius 2 is 2.13 bits per heavy atom. The van der Waals surface area contributed by atoms with Gasteiger partial charge < -0.3 is 25.2 Å². The quantitative estimate of drug-likeness (QED) is 0.625. The zero-order valence-corrected chi connectivity index (χ0v) is 17.6. The Kier molecular flexibility index (Phi) is 5.31. The molecule has 2 unspecified atom stereocenters. The van der Waals surface area contributed by atoms with E-state index in [1.165, 1.54) is 0 Å². The number of rotatable bonds is 7. The molecule has 3 atom stereocenters. The van der Waals surface area contributed by atoms with Crippen LogP contribution in [0.5, 0.6) is 5.88 Å². The highest BCUT2D eigenvalue weighted by Gasteiger charge is 2.55. The molecule has 1 saturated heterocycles. The Labute approximate surface area is 177 Å². The van der Waals surface area contributed by atoms with Gasteiger partial charge in [-0.3, -0.25) is 4.79 Å². The highest BCUT2D eigenvalue weighted by atomic mass is 16.5. The number of amides is 1. The average molecular weight is 417 g/mol. The third-order valence-electron chi connectivity index (χ3n) is 7.24. The van der Waals surface area contributed by atoms with Gasteiger partial charge in [0.2, 0.25) is 11.8 Å². The summed E-state index contributed by atoms with van der Waals surface area (Å²) in [6, 6.07) is 0.296. The summed E-state index contributed by atoms with van der Waals surface area (Å²) in [4.78, 5) is 22.0. The van der Waals surface area contributed by atoms with Gasteiger partial charge in [-0.05, 0) is 62.7 Å². The smallest absolute Gasteiger partial charge is 0.258 e. The van der Waals surface area contributed by atoms with Gasteiger partial charge in [-0.1, -0.05) is 6.92 Å². The highest BCUT2D eigenvalue weighted by molar-refractivity contribution is 5.96. The summed E-state index contributed by atoms with van der Waals surface area (Å²) in [6.07, 6.45) is 8.04. The maximum atomic E-state index is 13.2. The van der Waals surface area contributed by atoms with E-state index < -0.39 is 5.60 Å². The molecule has 6 rings (SSSR count). The van der Waals surface area contributed by atoms with E-state index in [9.17, 15) is 9.90 Å². The van der Waals surface area contributed by atoms with E-state index in [1.807, 2.05) is 6.92 Å². The molecule has 8 nitrogen and oxygen atoms in total. The van der Waals surface area contributed by atoms with Crippen LogP contribution in [-0.4, -0.2) is 58.5 Å². The van der Waals surface area contributed by atoms with Crippen LogP contribution in [0, 0.1) is 17.8 Å². The van der Waals surface area contributed by atoms with Gasteiger partial charge in [0, 0.05) is 18.8 Å². The van der Waals surface area contributed by atoms with Crippen molar-refractivity contribution in [3.63, 3.8) is 0 Å². The van der Waals surface area contributed by atoms with E-state index in [0.717, 1.165) is 51.6 Å². The van der Waals surface area contributed by atoms with Crippen LogP contribution < -0.4 is 15.4 Å². The summed E-state index contributed by atoms with van der Waals surface area (Å²) in [7, 11) is 0. The van der Waals surface area contributed by atoms with E-state index in [1.54, 1.807) is 6.20 Å². The fourth-order valence-electron chi connectivity index (χ4n) is 6.18. The highest BCUT2D eigenvalue weighted by Crippen LogP contribution is 2.55. The normalized spacial score (nSPS) is 36.7. The average Bonchev–Trinajstić information content (AvgIpc) is 3.21. The van der Waals surface area contributed by atoms with E-state index in [4.69, 9.17) is 9.47 Å². The van der Waals surface area contributed by atoms with E-state index in [0.29, 0.717) is 48.4 Å². The zero-order valence-electron chi connectivity index (χ0n) is 17.6. The maximum Gasteiger partial charge on any atom is 0.258 e. The Morgan fingerprint density at radius 3 is 2.80 bits per heavy atom. The Hall–Kier alpha value is -1.93. The number of hydrogen-bond donors (Lipinski definition) is 3. The van der Waals surface area contributed by atoms with Crippen LogP contribution in [0.3, 0.4) is 0 Å². The lowest BCUT2D eigenvalue weighted by Gasteiger charge is -2.58. The van der Waals surface area contributed by atoms with Crippen LogP contribution in [0.15, 0.2) is 6.20 Å². The van der Waals surface area contributed by atoms with Crippen molar-refractivity contribution in [3.8, 4) is 5.88 Å². The lowest BCUT2D eigenvalue weighted by molar-refractivity contribution is -0.136. The first kappa shape index (κ1) is 20.0. The molecule has 5 aliphatic rings. The van der Waals surface area contributed by atoms with E-state index >= 15 is 0 Å². The largest absolute Gasteiger partial charge is 0.477 e. The standard InChI is InChI=1S/C22H32N4O4/c1-2-4-30-20-17(11-23-21(26-20)24-16-3-5-29-12-16)19(27)25-18-14-6-13-7-15(18)10-22(28,8-13)9-14/h11,13-16,18,28H,2-10,12H2,1H3,(H,25,27)(H,23,24,26)/t13?,14?,15?,16-,18?,22?/m1/s1. The molecule has 4 aliphatic carbocycles. The number of aromatic nitrogens is 2. The van der Waals surface area contributed by atoms with Gasteiger partial charge in [-0.15, -0.1) is 0 Å². The van der Waals surface area contributed by atoms with Gasteiger partial charge in [-0.25, -0.2) is 4.98 Å². The van der Waals surface area contributed by atoms with Crippen molar-refractivity contribution in [1.29, 1.82) is 0 Å². The van der Waals surface area contributed by atoms with Gasteiger partial charge in [0.15, 0.2) is 0 Å². The first-order valence-electron chi connectivity index (χ1n) is 11.4. The number of hydrogen-bond acceptors (Lipinski definition) is 7. The molecule has 3 N–H and O–H groups in total. The van der Waals surface area contributed by atoms with Crippen LogP contribution in [0.1, 0.15) is 62.2 Å². The minimum absolute atomic E-state index is 0.113. The van der Waals surface area contributed by atoms with Crippen LogP contribution in [0.4, 0.5) is 5.95 Å². The third-order valence-corrected chi connectivity index (χ3v) is 7.24. The van der Waals surface area contributed by atoms with Gasteiger partial charge >= 0.3 is 0 Å². The number of nitrogens with zero attached hydrogens (tertiary/aromatic N) is 2. The summed E-state index contributed by atoms with van der Waals surface area (Å²) in [5, 5.41) is 17.3. The monoisotopic (exact) mass is 416 g/mol. The molecule has 0 spiro atoms. The zero-order chi connectivity index (χ0) is 20.7. The minimum atomic E-state index is -0.506. The number of ether oxygens (including phenoxy) is 2. The number of carbonyl (C=O) groups excluding carboxylic acids is 1. The van der Waals surface area contributed by atoms with Crippen molar-refractivity contribution in [1.82, 2.24) is 15.3 Å². The predicted molar refractivity (Wildman–Crippen MR) is 110 cm³/mol. The summed E-state index contributed by atoms with van der Waals surface area (Å²) >= 11 is 0. The van der Waals surface area contributed by atoms with Crippen molar-refractivity contribution < 1.29 is 19.4 Å². The molecule has 164 valence electrons. The molecule has 1 aromatic heterocycles. The van der Waals surface area contributed by atoms with Gasteiger partial charge in [0.1, 0.15) is 5.56 Å². The third kappa shape index (κ3) is 3.87. The van der Waals surface area contributed by atoms with Crippen molar-refractivity contribution in [2.75, 3.05) is 25.1 Å². The SMILES string of the molecule is CCCOc1nc(N[C@@H]2CCOC2)ncc1C(=O)NC1C2CC3CC1CC(O)(C3)C2. The fourth-order valence-corrected chi connectivity index (χ4v) is 6.18. The van der Waals surface area contributed by atoms with Gasteiger partial charge in [-0.2, -0.15) is 4.98 Å².